The predicted octanol–water partition coefficient (Wildman–Crippen LogP) is -0.817. The molecule has 1 aliphatic rings. The lowest BCUT2D eigenvalue weighted by atomic mass is 9.97. The van der Waals surface area contributed by atoms with Gasteiger partial charge >= 0.3 is 5.97 Å². The Morgan fingerprint density at radius 2 is 0.872 bits per heavy atom. The van der Waals surface area contributed by atoms with Gasteiger partial charge in [0.2, 0.25) is 70.9 Å². The van der Waals surface area contributed by atoms with Crippen LogP contribution in [0.2, 0.25) is 0 Å². The Hall–Kier alpha value is -9.15. The third-order valence-electron chi connectivity index (χ3n) is 18.9. The van der Waals surface area contributed by atoms with Crippen LogP contribution in [-0.2, 0) is 75.2 Å². The van der Waals surface area contributed by atoms with E-state index in [2.05, 4.69) is 74.1 Å². The quantitative estimate of drug-likeness (QED) is 0.0307. The van der Waals surface area contributed by atoms with E-state index in [1.54, 1.807) is 78.1 Å². The lowest BCUT2D eigenvalue weighted by Crippen LogP contribution is -2.62. The summed E-state index contributed by atoms with van der Waals surface area (Å²) in [5.41, 5.74) is 19.6. The minimum Gasteiger partial charge on any atom is -0.480 e. The molecule has 33 nitrogen and oxygen atoms in total. The maximum absolute atomic E-state index is 14.8. The van der Waals surface area contributed by atoms with Crippen molar-refractivity contribution < 1.29 is 77.6 Å². The molecule has 14 atom stereocenters. The second-order valence-corrected chi connectivity index (χ2v) is 29.6. The molecular weight excluding hydrogens is 1410 g/mol. The molecule has 0 saturated carbocycles. The number of H-pyrrole nitrogens is 1. The van der Waals surface area contributed by atoms with Gasteiger partial charge in [0, 0.05) is 29.9 Å². The Morgan fingerprint density at radius 3 is 1.32 bits per heavy atom. The van der Waals surface area contributed by atoms with Crippen LogP contribution in [0.5, 0.6) is 0 Å². The molecule has 109 heavy (non-hydrogen) atoms. The molecule has 12 amide bonds. The van der Waals surface area contributed by atoms with Gasteiger partial charge in [-0.15, -0.1) is 0 Å². The number of aliphatic hydroxyl groups is 2. The number of para-hydroxylation sites is 1. The summed E-state index contributed by atoms with van der Waals surface area (Å²) >= 11 is 0. The van der Waals surface area contributed by atoms with Crippen molar-refractivity contribution in [3.05, 3.63) is 71.9 Å². The summed E-state index contributed by atoms with van der Waals surface area (Å²) in [6.45, 7) is 15.1. The molecule has 2 heterocycles. The van der Waals surface area contributed by atoms with Gasteiger partial charge in [0.15, 0.2) is 0 Å². The summed E-state index contributed by atoms with van der Waals surface area (Å²) in [6.07, 6.45) is 4.04. The third kappa shape index (κ3) is 32.1. The number of carboxylic acid groups (broad SMARTS) is 1. The Balaban J connectivity index is 1.58. The third-order valence-corrected chi connectivity index (χ3v) is 18.9. The minimum atomic E-state index is -1.74. The number of carbonyl (C=O) groups excluding carboxylic acids is 12. The zero-order chi connectivity index (χ0) is 80.9. The van der Waals surface area contributed by atoms with Gasteiger partial charge in [0.1, 0.15) is 73.0 Å². The highest BCUT2D eigenvalue weighted by Crippen LogP contribution is 2.21. The van der Waals surface area contributed by atoms with Crippen molar-refractivity contribution in [1.82, 2.24) is 74.1 Å². The molecule has 33 heteroatoms. The average Bonchev–Trinajstić information content (AvgIpc) is 1.73. The van der Waals surface area contributed by atoms with E-state index in [4.69, 9.17) is 17.2 Å². The van der Waals surface area contributed by atoms with Crippen molar-refractivity contribution in [1.29, 1.82) is 0 Å². The monoisotopic (exact) mass is 1530 g/mol. The minimum absolute atomic E-state index is 0.0236. The Labute approximate surface area is 639 Å². The fourth-order valence-electron chi connectivity index (χ4n) is 12.6. The molecule has 3 aromatic rings. The van der Waals surface area contributed by atoms with Crippen molar-refractivity contribution in [2.45, 2.75) is 250 Å². The smallest absolute Gasteiger partial charge is 0.322 e. The van der Waals surface area contributed by atoms with Crippen LogP contribution in [0, 0.1) is 23.7 Å². The largest absolute Gasteiger partial charge is 0.480 e. The van der Waals surface area contributed by atoms with E-state index in [-0.39, 0.29) is 101 Å². The summed E-state index contributed by atoms with van der Waals surface area (Å²) in [6, 6.07) is 0.173. The van der Waals surface area contributed by atoms with Crippen LogP contribution in [0.25, 0.3) is 10.9 Å². The number of carboxylic acids is 1. The average molecular weight is 1530 g/mol. The van der Waals surface area contributed by atoms with Crippen molar-refractivity contribution in [2.75, 3.05) is 39.3 Å². The first-order valence-corrected chi connectivity index (χ1v) is 38.4. The van der Waals surface area contributed by atoms with E-state index in [0.717, 1.165) is 22.9 Å². The first-order chi connectivity index (χ1) is 51.8. The van der Waals surface area contributed by atoms with E-state index >= 15 is 0 Å². The number of aromatic nitrogens is 1. The van der Waals surface area contributed by atoms with Crippen LogP contribution < -0.4 is 86.3 Å². The molecule has 1 aromatic heterocycles. The van der Waals surface area contributed by atoms with Crippen LogP contribution in [0.4, 0.5) is 0 Å². The molecule has 2 aromatic carbocycles. The topological polar surface area (TPSA) is 533 Å². The van der Waals surface area contributed by atoms with Gasteiger partial charge in [-0.1, -0.05) is 110 Å². The maximum Gasteiger partial charge on any atom is 0.322 e. The summed E-state index contributed by atoms with van der Waals surface area (Å²) in [5.74, 6) is -12.2. The zero-order valence-electron chi connectivity index (χ0n) is 64.7. The summed E-state index contributed by atoms with van der Waals surface area (Å²) < 4.78 is 0. The Kier molecular flexibility index (Phi) is 40.9. The number of amides is 12. The highest BCUT2D eigenvalue weighted by atomic mass is 16.4. The van der Waals surface area contributed by atoms with Crippen molar-refractivity contribution in [3.8, 4) is 0 Å². The molecule has 0 bridgehead atoms. The number of hydrogen-bond acceptors (Lipinski definition) is 19. The number of nitrogens with one attached hydrogen (secondary N) is 14. The molecule has 23 N–H and O–H groups in total. The van der Waals surface area contributed by atoms with Gasteiger partial charge in [-0.3, -0.25) is 62.3 Å². The van der Waals surface area contributed by atoms with E-state index in [1.165, 1.54) is 6.92 Å². The standard InChI is InChI=1S/C76H123N17O16/c1-10-46(8)63(75(108)82-41-62(96)97)92-68(101)55(29-18-21-33-79)83-66(99)53(27-16-19-31-77)84-74(107)61(42-94)91-70(103)57(36-44(4)5)86-71(104)59(38-48-23-12-11-13-24-48)89-67(100)54(28-17-20-32-78)85-76(109)64(47(9)95)93-73(106)58(37-45(6)7)88-69(102)56(35-43(2)3)87-72(105)60(90-65(98)52-30-22-34-80-52)39-49-40-81-51-26-15-14-25-50(49)51/h11-15,23-26,40,43-47,52-61,63-64,80-81,94-95H,10,16-22,27-39,41-42,77-79H2,1-9H3,(H,82,108)(H,83,99)(H,84,107)(H,85,109)(H,86,104)(H,87,105)(H,88,102)(H,89,100)(H,90,98)(H,91,103)(H,92,101)(H,93,106)(H,96,97)/t46-,47+,52-,53-,54-,55-,56-,57-,58-,59-,60-,61-,63-,64-/m0/s1. The lowest BCUT2D eigenvalue weighted by Gasteiger charge is -2.30. The second-order valence-electron chi connectivity index (χ2n) is 29.6. The number of carbonyl (C=O) groups is 13. The SMILES string of the molecule is CC[C@H](C)[C@H](NC(=O)[C@H](CCCCN)NC(=O)[C@H](CCCCN)NC(=O)[C@H](CO)NC(=O)[C@H](CC(C)C)NC(=O)[C@H](Cc1ccccc1)NC(=O)[C@H](CCCCN)NC(=O)[C@@H](NC(=O)[C@H](CC(C)C)NC(=O)[C@H](CC(C)C)NC(=O)[C@H](Cc1c[nH]c2ccccc12)NC(=O)[C@@H]1CCCN1)[C@@H](C)O)C(=O)NCC(=O)O. The summed E-state index contributed by atoms with van der Waals surface area (Å²) in [4.78, 5) is 186. The van der Waals surface area contributed by atoms with E-state index in [9.17, 15) is 77.6 Å². The maximum atomic E-state index is 14.8. The fraction of sp³-hybridized carbons (Fsp3) is 0.645. The molecule has 0 radical (unpaired) electrons. The molecule has 608 valence electrons. The van der Waals surface area contributed by atoms with E-state index in [1.807, 2.05) is 38.1 Å². The van der Waals surface area contributed by atoms with E-state index < -0.39 is 169 Å². The van der Waals surface area contributed by atoms with Gasteiger partial charge in [0.25, 0.3) is 0 Å². The number of benzene rings is 2. The fourth-order valence-corrected chi connectivity index (χ4v) is 12.6. The number of fused-ring (bicyclic) bond motifs is 1. The Bertz CT molecular complexity index is 3420. The molecule has 1 aliphatic heterocycles. The number of unbranched alkanes of at least 4 members (excludes halogenated alkanes) is 3. The Morgan fingerprint density at radius 1 is 0.468 bits per heavy atom. The first-order valence-electron chi connectivity index (χ1n) is 38.4. The van der Waals surface area contributed by atoms with Crippen LogP contribution in [0.1, 0.15) is 170 Å². The molecule has 0 spiro atoms. The number of aliphatic carboxylic acids is 1. The van der Waals surface area contributed by atoms with Crippen LogP contribution in [0.15, 0.2) is 60.8 Å². The summed E-state index contributed by atoms with van der Waals surface area (Å²) in [7, 11) is 0. The molecule has 1 fully saturated rings. The number of aliphatic hydroxyl groups excluding tert-OH is 2. The molecule has 0 unspecified atom stereocenters. The van der Waals surface area contributed by atoms with E-state index in [0.29, 0.717) is 57.1 Å². The van der Waals surface area contributed by atoms with Crippen molar-refractivity contribution >= 4 is 87.8 Å². The van der Waals surface area contributed by atoms with Crippen LogP contribution in [-0.4, -0.2) is 215 Å². The van der Waals surface area contributed by atoms with Gasteiger partial charge in [-0.25, -0.2) is 0 Å². The zero-order valence-corrected chi connectivity index (χ0v) is 64.7. The lowest BCUT2D eigenvalue weighted by molar-refractivity contribution is -0.139. The second kappa shape index (κ2) is 48.4. The van der Waals surface area contributed by atoms with Crippen molar-refractivity contribution in [2.24, 2.45) is 40.9 Å². The van der Waals surface area contributed by atoms with Gasteiger partial charge in [0.05, 0.1) is 18.8 Å². The predicted molar refractivity (Wildman–Crippen MR) is 410 cm³/mol. The first kappa shape index (κ1) is 92.2. The van der Waals surface area contributed by atoms with Crippen LogP contribution >= 0.6 is 0 Å². The number of nitrogens with two attached hydrogens (primary N) is 3. The van der Waals surface area contributed by atoms with Gasteiger partial charge in [-0.2, -0.15) is 0 Å². The highest BCUT2D eigenvalue weighted by molar-refractivity contribution is 6.00. The molecular formula is C76H123N17O16. The molecule has 4 rings (SSSR count). The molecule has 0 aliphatic carbocycles. The molecule has 1 saturated heterocycles. The van der Waals surface area contributed by atoms with Crippen LogP contribution in [0.3, 0.4) is 0 Å². The normalized spacial score (nSPS) is 16.4. The number of hydrogen-bond donors (Lipinski definition) is 20. The van der Waals surface area contributed by atoms with Gasteiger partial charge in [-0.05, 0) is 164 Å². The number of aromatic amines is 1. The number of rotatable bonds is 51. The van der Waals surface area contributed by atoms with Gasteiger partial charge < -0.3 is 107 Å². The highest BCUT2D eigenvalue weighted by Gasteiger charge is 2.39. The summed E-state index contributed by atoms with van der Waals surface area (Å²) in [5, 5.41) is 67.0. The van der Waals surface area contributed by atoms with Crippen molar-refractivity contribution in [3.63, 3.8) is 0 Å².